The molecule has 0 aromatic carbocycles. The van der Waals surface area contributed by atoms with Crippen molar-refractivity contribution in [3.63, 3.8) is 0 Å². The van der Waals surface area contributed by atoms with Crippen molar-refractivity contribution in [3.8, 4) is 22.6 Å². The van der Waals surface area contributed by atoms with Gasteiger partial charge < -0.3 is 4.90 Å². The Labute approximate surface area is 187 Å². The van der Waals surface area contributed by atoms with Gasteiger partial charge in [-0.15, -0.1) is 0 Å². The zero-order chi connectivity index (χ0) is 21.8. The van der Waals surface area contributed by atoms with Gasteiger partial charge >= 0.3 is 0 Å². The Morgan fingerprint density at radius 3 is 2.75 bits per heavy atom. The molecule has 4 aromatic heterocycles. The van der Waals surface area contributed by atoms with E-state index in [2.05, 4.69) is 44.9 Å². The van der Waals surface area contributed by atoms with Crippen LogP contribution in [0.4, 0.5) is 5.69 Å². The molecule has 2 aliphatic rings. The number of aryl methyl sites for hydroxylation is 1. The van der Waals surface area contributed by atoms with Crippen LogP contribution in [0.25, 0.3) is 33.7 Å². The van der Waals surface area contributed by atoms with Gasteiger partial charge in [0.15, 0.2) is 0 Å². The van der Waals surface area contributed by atoms with Crippen LogP contribution in [0.1, 0.15) is 19.5 Å². The summed E-state index contributed by atoms with van der Waals surface area (Å²) in [5.41, 5.74) is 7.43. The molecule has 2 unspecified atom stereocenters. The van der Waals surface area contributed by atoms with Gasteiger partial charge in [0.05, 0.1) is 34.3 Å². The van der Waals surface area contributed by atoms with Gasteiger partial charge in [-0.3, -0.25) is 20.0 Å². The monoisotopic (exact) mass is 425 g/mol. The van der Waals surface area contributed by atoms with Crippen LogP contribution in [0.15, 0.2) is 48.8 Å². The molecule has 0 radical (unpaired) electrons. The van der Waals surface area contributed by atoms with Gasteiger partial charge in [0.1, 0.15) is 5.69 Å². The van der Waals surface area contributed by atoms with Gasteiger partial charge in [-0.2, -0.15) is 5.10 Å². The van der Waals surface area contributed by atoms with Crippen molar-refractivity contribution < 1.29 is 0 Å². The number of likely N-dealkylation sites (tertiary alicyclic amines) is 1. The Balaban J connectivity index is 1.33. The Morgan fingerprint density at radius 1 is 1.00 bits per heavy atom. The van der Waals surface area contributed by atoms with Crippen LogP contribution in [0.3, 0.4) is 0 Å². The molecule has 2 aliphatic heterocycles. The van der Waals surface area contributed by atoms with Crippen molar-refractivity contribution in [1.29, 1.82) is 0 Å². The minimum absolute atomic E-state index is 0.590. The molecule has 7 nitrogen and oxygen atoms in total. The van der Waals surface area contributed by atoms with Crippen molar-refractivity contribution in [2.75, 3.05) is 24.5 Å². The Hall–Kier alpha value is -3.32. The largest absolute Gasteiger partial charge is 0.365 e. The van der Waals surface area contributed by atoms with E-state index < -0.39 is 0 Å². The van der Waals surface area contributed by atoms with E-state index >= 15 is 0 Å². The molecule has 2 fully saturated rings. The summed E-state index contributed by atoms with van der Waals surface area (Å²) in [5, 5.41) is 7.44. The average molecular weight is 426 g/mol. The van der Waals surface area contributed by atoms with Gasteiger partial charge in [0, 0.05) is 55.1 Å². The zero-order valence-corrected chi connectivity index (χ0v) is 18.7. The summed E-state index contributed by atoms with van der Waals surface area (Å²) in [4.78, 5) is 19.4. The third-order valence-electron chi connectivity index (χ3n) is 6.90. The molecule has 162 valence electrons. The third-order valence-corrected chi connectivity index (χ3v) is 6.90. The minimum atomic E-state index is 0.590. The van der Waals surface area contributed by atoms with E-state index in [-0.39, 0.29) is 0 Å². The van der Waals surface area contributed by atoms with E-state index in [1.165, 1.54) is 12.2 Å². The molecule has 4 aromatic rings. The molecular formula is C25H27N7. The molecule has 0 bridgehead atoms. The van der Waals surface area contributed by atoms with Crippen molar-refractivity contribution in [2.24, 2.45) is 5.92 Å². The summed E-state index contributed by atoms with van der Waals surface area (Å²) in [5.74, 6) is 0.766. The lowest BCUT2D eigenvalue weighted by atomic mass is 9.91. The maximum absolute atomic E-state index is 4.97. The molecule has 0 saturated carbocycles. The van der Waals surface area contributed by atoms with E-state index in [0.29, 0.717) is 12.1 Å². The predicted molar refractivity (Wildman–Crippen MR) is 126 cm³/mol. The van der Waals surface area contributed by atoms with Crippen molar-refractivity contribution in [3.05, 3.63) is 54.5 Å². The number of H-pyrrole nitrogens is 1. The van der Waals surface area contributed by atoms with Gasteiger partial charge in [-0.1, -0.05) is 6.07 Å². The number of hydrogen-bond donors (Lipinski definition) is 1. The molecule has 6 rings (SSSR count). The maximum atomic E-state index is 4.97. The number of rotatable bonds is 4. The van der Waals surface area contributed by atoms with Crippen LogP contribution in [-0.2, 0) is 0 Å². The number of nitrogens with one attached hydrogen (secondary N) is 1. The molecule has 0 spiro atoms. The molecule has 2 atom stereocenters. The standard InChI is InChI=1S/C25H27N7/c1-15(2)31-12-17-13-32(24(17)14-31)18-9-23-21(26-10-18)8-7-20(29-23)19-11-27-30-25(19)22-6-4-5-16(3)28-22/h4-11,15,17,24H,12-14H2,1-3H3,(H,27,30). The first kappa shape index (κ1) is 19.4. The second-order valence-corrected chi connectivity index (χ2v) is 9.27. The van der Waals surface area contributed by atoms with Crippen LogP contribution < -0.4 is 4.90 Å². The predicted octanol–water partition coefficient (Wildman–Crippen LogP) is 3.92. The second-order valence-electron chi connectivity index (χ2n) is 9.27. The highest BCUT2D eigenvalue weighted by atomic mass is 15.3. The van der Waals surface area contributed by atoms with Crippen molar-refractivity contribution in [2.45, 2.75) is 32.9 Å². The molecule has 0 aliphatic carbocycles. The van der Waals surface area contributed by atoms with Crippen LogP contribution in [0.5, 0.6) is 0 Å². The summed E-state index contributed by atoms with van der Waals surface area (Å²) < 4.78 is 0. The lowest BCUT2D eigenvalue weighted by Gasteiger charge is -2.45. The number of hydrogen-bond acceptors (Lipinski definition) is 6. The first-order valence-corrected chi connectivity index (χ1v) is 11.3. The highest BCUT2D eigenvalue weighted by molar-refractivity contribution is 5.84. The highest BCUT2D eigenvalue weighted by Gasteiger charge is 2.46. The normalized spacial score (nSPS) is 20.7. The van der Waals surface area contributed by atoms with E-state index in [1.807, 2.05) is 49.6 Å². The number of aromatic amines is 1. The smallest absolute Gasteiger partial charge is 0.120 e. The molecule has 2 saturated heterocycles. The Kier molecular flexibility index (Phi) is 4.47. The summed E-state index contributed by atoms with van der Waals surface area (Å²) >= 11 is 0. The Bertz CT molecular complexity index is 1290. The highest BCUT2D eigenvalue weighted by Crippen LogP contribution is 2.38. The molecule has 7 heteroatoms. The zero-order valence-electron chi connectivity index (χ0n) is 18.7. The topological polar surface area (TPSA) is 73.8 Å². The van der Waals surface area contributed by atoms with E-state index in [0.717, 1.165) is 58.4 Å². The fraction of sp³-hybridized carbons (Fsp3) is 0.360. The van der Waals surface area contributed by atoms with Gasteiger partial charge in [0.2, 0.25) is 0 Å². The van der Waals surface area contributed by atoms with E-state index in [4.69, 9.17) is 9.97 Å². The van der Waals surface area contributed by atoms with Crippen molar-refractivity contribution >= 4 is 16.7 Å². The van der Waals surface area contributed by atoms with E-state index in [9.17, 15) is 0 Å². The summed E-state index contributed by atoms with van der Waals surface area (Å²) in [7, 11) is 0. The molecule has 32 heavy (non-hydrogen) atoms. The Morgan fingerprint density at radius 2 is 1.91 bits per heavy atom. The number of aromatic nitrogens is 5. The van der Waals surface area contributed by atoms with Gasteiger partial charge in [-0.25, -0.2) is 4.98 Å². The van der Waals surface area contributed by atoms with Crippen LogP contribution in [0, 0.1) is 12.8 Å². The van der Waals surface area contributed by atoms with Crippen LogP contribution in [-0.4, -0.2) is 61.8 Å². The molecular weight excluding hydrogens is 398 g/mol. The average Bonchev–Trinajstić information content (AvgIpc) is 3.39. The minimum Gasteiger partial charge on any atom is -0.365 e. The van der Waals surface area contributed by atoms with E-state index in [1.54, 1.807) is 0 Å². The summed E-state index contributed by atoms with van der Waals surface area (Å²) in [6.07, 6.45) is 3.89. The molecule has 6 heterocycles. The third kappa shape index (κ3) is 3.15. The lowest BCUT2D eigenvalue weighted by molar-refractivity contribution is 0.269. The van der Waals surface area contributed by atoms with Crippen molar-refractivity contribution in [1.82, 2.24) is 30.0 Å². The number of fused-ring (bicyclic) bond motifs is 2. The first-order chi connectivity index (χ1) is 15.6. The summed E-state index contributed by atoms with van der Waals surface area (Å²) in [6, 6.07) is 13.4. The lowest BCUT2D eigenvalue weighted by Crippen LogP contribution is -2.55. The quantitative estimate of drug-likeness (QED) is 0.534. The second kappa shape index (κ2) is 7.38. The summed E-state index contributed by atoms with van der Waals surface area (Å²) in [6.45, 7) is 10.0. The van der Waals surface area contributed by atoms with Crippen LogP contribution in [0.2, 0.25) is 0 Å². The number of nitrogens with zero attached hydrogens (tertiary/aromatic N) is 6. The van der Waals surface area contributed by atoms with Crippen LogP contribution >= 0.6 is 0 Å². The van der Waals surface area contributed by atoms with Gasteiger partial charge in [-0.05, 0) is 51.1 Å². The van der Waals surface area contributed by atoms with Gasteiger partial charge in [0.25, 0.3) is 0 Å². The number of pyridine rings is 3. The fourth-order valence-electron chi connectivity index (χ4n) is 5.05. The SMILES string of the molecule is Cc1cccc(-c2n[nH]cc2-c2ccc3ncc(N4CC5CN(C(C)C)CC54)cc3n2)n1. The molecule has 0 amide bonds. The first-order valence-electron chi connectivity index (χ1n) is 11.3. The number of anilines is 1. The maximum Gasteiger partial charge on any atom is 0.120 e. The fourth-order valence-corrected chi connectivity index (χ4v) is 5.05. The molecule has 1 N–H and O–H groups in total.